The van der Waals surface area contributed by atoms with E-state index in [2.05, 4.69) is 0 Å². The molecule has 6 heavy (non-hydrogen) atoms. The Kier molecular flexibility index (Phi) is 173. The fourth-order valence-corrected chi connectivity index (χ4v) is 0. The van der Waals surface area contributed by atoms with Crippen LogP contribution >= 0.6 is 23.2 Å². The Hall–Kier alpha value is 1.02. The SMILES string of the molecule is ClCCl.[Mn].[O-2].[O-2]. The van der Waals surface area contributed by atoms with Gasteiger partial charge in [0.05, 0.1) is 5.34 Å². The van der Waals surface area contributed by atoms with Crippen molar-refractivity contribution in [1.82, 2.24) is 0 Å². The summed E-state index contributed by atoms with van der Waals surface area (Å²) in [5, 5.41) is 0.194. The van der Waals surface area contributed by atoms with E-state index in [4.69, 9.17) is 23.2 Å². The van der Waals surface area contributed by atoms with Crippen molar-refractivity contribution in [2.75, 3.05) is 5.34 Å². The van der Waals surface area contributed by atoms with E-state index in [9.17, 15) is 0 Å². The van der Waals surface area contributed by atoms with Crippen LogP contribution in [0.5, 0.6) is 0 Å². The Balaban J connectivity index is -0.00000000667. The average molecular weight is 172 g/mol. The molecule has 0 amide bonds. The number of alkyl halides is 2. The summed E-state index contributed by atoms with van der Waals surface area (Å²) in [6.45, 7) is 0. The first-order valence-corrected chi connectivity index (χ1v) is 1.60. The largest absolute Gasteiger partial charge is 2.00 e. The monoisotopic (exact) mass is 171 g/mol. The van der Waals surface area contributed by atoms with E-state index in [0.29, 0.717) is 0 Å². The van der Waals surface area contributed by atoms with E-state index in [1.165, 1.54) is 0 Å². The maximum absolute atomic E-state index is 4.76. The van der Waals surface area contributed by atoms with E-state index in [-0.39, 0.29) is 33.4 Å². The van der Waals surface area contributed by atoms with Gasteiger partial charge in [-0.05, 0) is 0 Å². The van der Waals surface area contributed by atoms with Crippen LogP contribution in [0.15, 0.2) is 0 Å². The molecule has 0 saturated carbocycles. The summed E-state index contributed by atoms with van der Waals surface area (Å²) in [7, 11) is 0. The molecule has 0 aromatic carbocycles. The topological polar surface area (TPSA) is 57.0 Å². The smallest absolute Gasteiger partial charge is 0.0967 e. The first-order valence-electron chi connectivity index (χ1n) is 0.535. The van der Waals surface area contributed by atoms with Gasteiger partial charge in [-0.3, -0.25) is 0 Å². The third-order valence-electron chi connectivity index (χ3n) is 0. The van der Waals surface area contributed by atoms with Gasteiger partial charge in [-0.1, -0.05) is 0 Å². The van der Waals surface area contributed by atoms with E-state index >= 15 is 0 Å². The van der Waals surface area contributed by atoms with Gasteiger partial charge in [-0.25, -0.2) is 0 Å². The van der Waals surface area contributed by atoms with Crippen LogP contribution in [0.2, 0.25) is 0 Å². The minimum absolute atomic E-state index is 0. The van der Waals surface area contributed by atoms with E-state index in [0.717, 1.165) is 0 Å². The number of rotatable bonds is 0. The van der Waals surface area contributed by atoms with E-state index in [1.54, 1.807) is 0 Å². The second kappa shape index (κ2) is 37.2. The molecule has 0 atom stereocenters. The van der Waals surface area contributed by atoms with Gasteiger partial charge in [0.25, 0.3) is 0 Å². The van der Waals surface area contributed by atoms with E-state index in [1.807, 2.05) is 0 Å². The van der Waals surface area contributed by atoms with Crippen molar-refractivity contribution in [1.29, 1.82) is 0 Å². The zero-order chi connectivity index (χ0) is 2.71. The van der Waals surface area contributed by atoms with Gasteiger partial charge in [0, 0.05) is 17.1 Å². The Morgan fingerprint density at radius 2 is 1.00 bits per heavy atom. The molecule has 0 aromatic rings. The fraction of sp³-hybridized carbons (Fsp3) is 1.00. The minimum atomic E-state index is 0. The summed E-state index contributed by atoms with van der Waals surface area (Å²) >= 11 is 9.53. The van der Waals surface area contributed by atoms with Crippen molar-refractivity contribution in [3.8, 4) is 0 Å². The molecule has 0 N–H and O–H groups in total. The molecular formula is CH2Cl2MnO2-4. The fourth-order valence-electron chi connectivity index (χ4n) is 0. The van der Waals surface area contributed by atoms with Crippen molar-refractivity contribution in [3.63, 3.8) is 0 Å². The zero-order valence-electron chi connectivity index (χ0n) is 2.66. The predicted octanol–water partition coefficient (Wildman–Crippen LogP) is 1.18. The molecule has 5 heteroatoms. The van der Waals surface area contributed by atoms with Crippen LogP contribution in [0, 0.1) is 0 Å². The molecule has 0 unspecified atom stereocenters. The van der Waals surface area contributed by atoms with Crippen LogP contribution in [-0.2, 0) is 28.0 Å². The number of hydrogen-bond donors (Lipinski definition) is 0. The van der Waals surface area contributed by atoms with Crippen LogP contribution in [0.1, 0.15) is 0 Å². The van der Waals surface area contributed by atoms with Gasteiger partial charge in [0.15, 0.2) is 0 Å². The van der Waals surface area contributed by atoms with Gasteiger partial charge in [0.2, 0.25) is 0 Å². The normalized spacial score (nSPS) is 3.00. The third-order valence-corrected chi connectivity index (χ3v) is 0. The molecule has 0 aromatic heterocycles. The van der Waals surface area contributed by atoms with Gasteiger partial charge in [0.1, 0.15) is 0 Å². The molecule has 0 bridgehead atoms. The van der Waals surface area contributed by atoms with Gasteiger partial charge in [-0.2, -0.15) is 0 Å². The summed E-state index contributed by atoms with van der Waals surface area (Å²) in [5.74, 6) is 0. The predicted molar refractivity (Wildman–Crippen MR) is 17.9 cm³/mol. The second-order valence-corrected chi connectivity index (χ2v) is 0.909. The molecule has 0 aliphatic heterocycles. The number of halogens is 2. The maximum Gasteiger partial charge on any atom is 0.0967 e. The van der Waals surface area contributed by atoms with Crippen molar-refractivity contribution < 1.29 is 28.0 Å². The number of hydrogen-bond acceptors (Lipinski definition) is 0. The summed E-state index contributed by atoms with van der Waals surface area (Å²) in [4.78, 5) is 0. The minimum Gasteiger partial charge on any atom is -2.00 e. The Morgan fingerprint density at radius 1 is 1.00 bits per heavy atom. The summed E-state index contributed by atoms with van der Waals surface area (Å²) in [5.41, 5.74) is 0. The van der Waals surface area contributed by atoms with Crippen LogP contribution in [0.3, 0.4) is 0 Å². The molecular weight excluding hydrogens is 170 g/mol. The summed E-state index contributed by atoms with van der Waals surface area (Å²) in [6.07, 6.45) is 0. The van der Waals surface area contributed by atoms with Crippen LogP contribution in [-0.4, -0.2) is 5.34 Å². The Morgan fingerprint density at radius 3 is 1.00 bits per heavy atom. The molecule has 2 nitrogen and oxygen atoms in total. The first-order chi connectivity index (χ1) is 1.41. The quantitative estimate of drug-likeness (QED) is 0.389. The van der Waals surface area contributed by atoms with Crippen LogP contribution in [0.25, 0.3) is 0 Å². The van der Waals surface area contributed by atoms with Crippen LogP contribution < -0.4 is 0 Å². The third kappa shape index (κ3) is 78.0. The summed E-state index contributed by atoms with van der Waals surface area (Å²) in [6, 6.07) is 0. The van der Waals surface area contributed by atoms with Crippen molar-refractivity contribution >= 4 is 23.2 Å². The Bertz CT molecular complexity index is 11.5. The maximum atomic E-state index is 4.76. The van der Waals surface area contributed by atoms with Gasteiger partial charge >= 0.3 is 0 Å². The molecule has 0 saturated heterocycles. The van der Waals surface area contributed by atoms with Gasteiger partial charge < -0.3 is 11.0 Å². The molecule has 0 aliphatic carbocycles. The van der Waals surface area contributed by atoms with Crippen molar-refractivity contribution in [2.45, 2.75) is 0 Å². The molecule has 0 fully saturated rings. The van der Waals surface area contributed by atoms with E-state index < -0.39 is 0 Å². The zero-order valence-corrected chi connectivity index (χ0v) is 5.35. The molecule has 0 spiro atoms. The van der Waals surface area contributed by atoms with Crippen molar-refractivity contribution in [2.24, 2.45) is 0 Å². The summed E-state index contributed by atoms with van der Waals surface area (Å²) < 4.78 is 0. The van der Waals surface area contributed by atoms with Crippen molar-refractivity contribution in [3.05, 3.63) is 0 Å². The standard InChI is InChI=1S/CH2Cl2.Mn.2O/c2-1-3;;;/h1H2;;;/q;;2*-2. The molecule has 43 valence electrons. The first kappa shape index (κ1) is 27.9. The van der Waals surface area contributed by atoms with Crippen LogP contribution in [0.4, 0.5) is 0 Å². The average Bonchev–Trinajstić information content (AvgIpc) is 0.918. The second-order valence-electron chi connectivity index (χ2n) is 0.101. The molecule has 0 heterocycles. The Labute approximate surface area is 56.9 Å². The van der Waals surface area contributed by atoms with Gasteiger partial charge in [-0.15, -0.1) is 23.2 Å². The molecule has 0 rings (SSSR count). The molecule has 0 aliphatic rings. The molecule has 1 radical (unpaired) electrons.